The number of hydrogen-bond donors (Lipinski definition) is 1. The van der Waals surface area contributed by atoms with Crippen molar-refractivity contribution in [3.63, 3.8) is 0 Å². The molecule has 102 valence electrons. The van der Waals surface area contributed by atoms with Crippen molar-refractivity contribution in [2.45, 2.75) is 26.2 Å². The summed E-state index contributed by atoms with van der Waals surface area (Å²) in [6, 6.07) is 7.11. The molecule has 1 aromatic heterocycles. The molecule has 4 heteroatoms. The number of nitrogens with one attached hydrogen (secondary N) is 1. The molecule has 1 N–H and O–H groups in total. The van der Waals surface area contributed by atoms with Gasteiger partial charge in [0.2, 0.25) is 5.91 Å². The van der Waals surface area contributed by atoms with Crippen LogP contribution in [0, 0.1) is 6.92 Å². The summed E-state index contributed by atoms with van der Waals surface area (Å²) in [5, 5.41) is 2.87. The maximum atomic E-state index is 12.4. The fraction of sp³-hybridized carbons (Fsp3) is 0.250. The van der Waals surface area contributed by atoms with Crippen LogP contribution >= 0.6 is 0 Å². The number of ketones is 1. The number of fused-ring (bicyclic) bond motifs is 1. The summed E-state index contributed by atoms with van der Waals surface area (Å²) in [4.78, 5) is 23.9. The minimum absolute atomic E-state index is 0.0357. The molecule has 1 aromatic carbocycles. The lowest BCUT2D eigenvalue weighted by Gasteiger charge is -2.08. The van der Waals surface area contributed by atoms with Gasteiger partial charge in [0.05, 0.1) is 11.8 Å². The molecule has 0 bridgehead atoms. The first-order valence-corrected chi connectivity index (χ1v) is 6.67. The third kappa shape index (κ3) is 2.25. The highest BCUT2D eigenvalue weighted by Crippen LogP contribution is 2.25. The van der Waals surface area contributed by atoms with Crippen LogP contribution in [0.4, 0.5) is 5.69 Å². The third-order valence-corrected chi connectivity index (χ3v) is 3.59. The Bertz CT molecular complexity index is 685. The summed E-state index contributed by atoms with van der Waals surface area (Å²) in [6.45, 7) is 1.77. The van der Waals surface area contributed by atoms with E-state index < -0.39 is 0 Å². The molecule has 3 rings (SSSR count). The average Bonchev–Trinajstić information content (AvgIpc) is 2.76. The van der Waals surface area contributed by atoms with Gasteiger partial charge in [0.1, 0.15) is 5.76 Å². The molecule has 20 heavy (non-hydrogen) atoms. The van der Waals surface area contributed by atoms with Crippen LogP contribution in [0.3, 0.4) is 0 Å². The highest BCUT2D eigenvalue weighted by Gasteiger charge is 2.18. The largest absolute Gasteiger partial charge is 0.469 e. The highest BCUT2D eigenvalue weighted by molar-refractivity contribution is 6.10. The predicted molar refractivity (Wildman–Crippen MR) is 74.9 cm³/mol. The Hall–Kier alpha value is -2.36. The van der Waals surface area contributed by atoms with Crippen LogP contribution in [-0.2, 0) is 11.2 Å². The predicted octanol–water partition coefficient (Wildman–Crippen LogP) is 3.09. The summed E-state index contributed by atoms with van der Waals surface area (Å²) in [5.74, 6) is 0.612. The van der Waals surface area contributed by atoms with Crippen LogP contribution in [0.15, 0.2) is 34.9 Å². The molecule has 0 radical (unpaired) electrons. The Kier molecular flexibility index (Phi) is 3.14. The lowest BCUT2D eigenvalue weighted by molar-refractivity contribution is -0.116. The van der Waals surface area contributed by atoms with Gasteiger partial charge in [-0.25, -0.2) is 0 Å². The fourth-order valence-corrected chi connectivity index (χ4v) is 2.49. The average molecular weight is 269 g/mol. The van der Waals surface area contributed by atoms with Crippen LogP contribution < -0.4 is 5.32 Å². The van der Waals surface area contributed by atoms with Gasteiger partial charge in [-0.2, -0.15) is 0 Å². The van der Waals surface area contributed by atoms with Crippen LogP contribution in [0.1, 0.15) is 40.1 Å². The van der Waals surface area contributed by atoms with Gasteiger partial charge in [-0.05, 0) is 49.6 Å². The third-order valence-electron chi connectivity index (χ3n) is 3.59. The van der Waals surface area contributed by atoms with Crippen LogP contribution in [0.5, 0.6) is 0 Å². The second-order valence-electron chi connectivity index (χ2n) is 4.99. The van der Waals surface area contributed by atoms with Crippen molar-refractivity contribution in [2.75, 3.05) is 5.32 Å². The number of carbonyl (C=O) groups is 2. The summed E-state index contributed by atoms with van der Waals surface area (Å²) in [6.07, 6.45) is 3.66. The second kappa shape index (κ2) is 4.96. The molecule has 0 spiro atoms. The topological polar surface area (TPSA) is 59.3 Å². The van der Waals surface area contributed by atoms with E-state index in [1.165, 1.54) is 6.26 Å². The van der Waals surface area contributed by atoms with Gasteiger partial charge in [0.15, 0.2) is 5.78 Å². The van der Waals surface area contributed by atoms with E-state index in [1.807, 2.05) is 6.07 Å². The van der Waals surface area contributed by atoms with Gasteiger partial charge in [-0.1, -0.05) is 0 Å². The fourth-order valence-electron chi connectivity index (χ4n) is 2.49. The SMILES string of the molecule is Cc1occc1C(=O)c1ccc2c(c1)CCCC(=O)N2. The van der Waals surface area contributed by atoms with Crippen molar-refractivity contribution in [1.29, 1.82) is 0 Å². The zero-order valence-electron chi connectivity index (χ0n) is 11.2. The van der Waals surface area contributed by atoms with E-state index in [4.69, 9.17) is 4.42 Å². The Balaban J connectivity index is 1.96. The second-order valence-corrected chi connectivity index (χ2v) is 4.99. The van der Waals surface area contributed by atoms with Gasteiger partial charge in [-0.3, -0.25) is 9.59 Å². The van der Waals surface area contributed by atoms with Gasteiger partial charge < -0.3 is 9.73 Å². The first-order chi connectivity index (χ1) is 9.65. The molecule has 1 amide bonds. The molecular formula is C16H15NO3. The van der Waals surface area contributed by atoms with Crippen molar-refractivity contribution in [3.05, 3.63) is 53.0 Å². The quantitative estimate of drug-likeness (QED) is 0.852. The van der Waals surface area contributed by atoms with Crippen molar-refractivity contribution in [2.24, 2.45) is 0 Å². The monoisotopic (exact) mass is 269 g/mol. The smallest absolute Gasteiger partial charge is 0.224 e. The van der Waals surface area contributed by atoms with E-state index in [-0.39, 0.29) is 11.7 Å². The summed E-state index contributed by atoms with van der Waals surface area (Å²) < 4.78 is 5.18. The molecule has 0 atom stereocenters. The number of anilines is 1. The van der Waals surface area contributed by atoms with E-state index in [0.29, 0.717) is 23.3 Å². The Labute approximate surface area is 116 Å². The van der Waals surface area contributed by atoms with Gasteiger partial charge in [0, 0.05) is 17.7 Å². The number of hydrogen-bond acceptors (Lipinski definition) is 3. The van der Waals surface area contributed by atoms with E-state index in [1.54, 1.807) is 25.1 Å². The highest BCUT2D eigenvalue weighted by atomic mass is 16.3. The summed E-state index contributed by atoms with van der Waals surface area (Å²) >= 11 is 0. The van der Waals surface area contributed by atoms with Crippen molar-refractivity contribution < 1.29 is 14.0 Å². The molecule has 0 aliphatic carbocycles. The van der Waals surface area contributed by atoms with Gasteiger partial charge in [0.25, 0.3) is 0 Å². The minimum atomic E-state index is -0.0466. The standard InChI is InChI=1S/C16H15NO3/c1-10-13(7-8-20-10)16(19)12-5-6-14-11(9-12)3-2-4-15(18)17-14/h5-9H,2-4H2,1H3,(H,17,18). The first kappa shape index (κ1) is 12.7. The van der Waals surface area contributed by atoms with Crippen molar-refractivity contribution in [1.82, 2.24) is 0 Å². The molecule has 2 heterocycles. The number of amides is 1. The number of carbonyl (C=O) groups excluding carboxylic acids is 2. The Morgan fingerprint density at radius 2 is 2.10 bits per heavy atom. The van der Waals surface area contributed by atoms with Crippen molar-refractivity contribution in [3.8, 4) is 0 Å². The molecule has 0 saturated heterocycles. The molecule has 0 fully saturated rings. The molecular weight excluding hydrogens is 254 g/mol. The number of benzene rings is 1. The molecule has 1 aliphatic rings. The van der Waals surface area contributed by atoms with Crippen molar-refractivity contribution >= 4 is 17.4 Å². The van der Waals surface area contributed by atoms with E-state index >= 15 is 0 Å². The maximum Gasteiger partial charge on any atom is 0.224 e. The molecule has 2 aromatic rings. The zero-order chi connectivity index (χ0) is 14.1. The number of rotatable bonds is 2. The van der Waals surface area contributed by atoms with Crippen LogP contribution in [0.2, 0.25) is 0 Å². The van der Waals surface area contributed by atoms with Crippen LogP contribution in [-0.4, -0.2) is 11.7 Å². The number of aryl methyl sites for hydroxylation is 2. The Morgan fingerprint density at radius 3 is 2.85 bits per heavy atom. The lowest BCUT2D eigenvalue weighted by Crippen LogP contribution is -2.09. The zero-order valence-corrected chi connectivity index (χ0v) is 11.2. The van der Waals surface area contributed by atoms with E-state index in [9.17, 15) is 9.59 Å². The van der Waals surface area contributed by atoms with Crippen LogP contribution in [0.25, 0.3) is 0 Å². The minimum Gasteiger partial charge on any atom is -0.469 e. The molecule has 4 nitrogen and oxygen atoms in total. The normalized spacial score (nSPS) is 14.3. The summed E-state index contributed by atoms with van der Waals surface area (Å²) in [5.41, 5.74) is 3.04. The number of furan rings is 1. The molecule has 0 saturated carbocycles. The van der Waals surface area contributed by atoms with Gasteiger partial charge >= 0.3 is 0 Å². The molecule has 0 unspecified atom stereocenters. The van der Waals surface area contributed by atoms with E-state index in [2.05, 4.69) is 5.32 Å². The van der Waals surface area contributed by atoms with E-state index in [0.717, 1.165) is 24.1 Å². The van der Waals surface area contributed by atoms with Gasteiger partial charge in [-0.15, -0.1) is 0 Å². The Morgan fingerprint density at radius 1 is 1.25 bits per heavy atom. The lowest BCUT2D eigenvalue weighted by atomic mass is 9.99. The molecule has 1 aliphatic heterocycles. The summed E-state index contributed by atoms with van der Waals surface area (Å²) in [7, 11) is 0. The first-order valence-electron chi connectivity index (χ1n) is 6.67. The maximum absolute atomic E-state index is 12.4.